The number of aromatic nitrogens is 1. The van der Waals surface area contributed by atoms with E-state index in [-0.39, 0.29) is 0 Å². The monoisotopic (exact) mass is 189 g/mol. The number of carboxylic acids is 1. The zero-order chi connectivity index (χ0) is 10.0. The number of alkyl halides is 2. The summed E-state index contributed by atoms with van der Waals surface area (Å²) in [5, 5.41) is 8.41. The van der Waals surface area contributed by atoms with Gasteiger partial charge in [0.2, 0.25) is 0 Å². The number of aromatic amines is 1. The Morgan fingerprint density at radius 3 is 2.62 bits per heavy atom. The standard InChI is InChI=1S/C7H5F2NO3/c8-5(9)3-1-4(7(12)13)6(11)10-2-3/h1-2,5H,(H,10,11)(H,12,13). The van der Waals surface area contributed by atoms with E-state index >= 15 is 0 Å². The van der Waals surface area contributed by atoms with Gasteiger partial charge in [-0.3, -0.25) is 4.79 Å². The maximum atomic E-state index is 12.0. The van der Waals surface area contributed by atoms with Crippen LogP contribution in [0.4, 0.5) is 8.78 Å². The van der Waals surface area contributed by atoms with Crippen molar-refractivity contribution in [3.8, 4) is 0 Å². The van der Waals surface area contributed by atoms with Crippen LogP contribution >= 0.6 is 0 Å². The Labute approximate surface area is 70.8 Å². The SMILES string of the molecule is O=C(O)c1cc(C(F)F)c[nH]c1=O. The molecule has 0 atom stereocenters. The second-order valence-corrected chi connectivity index (χ2v) is 2.28. The number of rotatable bonds is 2. The van der Waals surface area contributed by atoms with Crippen LogP contribution in [-0.4, -0.2) is 16.1 Å². The first-order valence-corrected chi connectivity index (χ1v) is 3.26. The molecule has 1 heterocycles. The molecule has 2 N–H and O–H groups in total. The molecular weight excluding hydrogens is 184 g/mol. The van der Waals surface area contributed by atoms with Crippen LogP contribution in [0.25, 0.3) is 0 Å². The maximum Gasteiger partial charge on any atom is 0.341 e. The highest BCUT2D eigenvalue weighted by atomic mass is 19.3. The van der Waals surface area contributed by atoms with Crippen LogP contribution in [0.15, 0.2) is 17.1 Å². The van der Waals surface area contributed by atoms with E-state index in [9.17, 15) is 18.4 Å². The number of halogens is 2. The Hall–Kier alpha value is -1.72. The fourth-order valence-corrected chi connectivity index (χ4v) is 0.785. The Bertz CT molecular complexity index is 386. The number of carboxylic acid groups (broad SMARTS) is 1. The Balaban J connectivity index is 3.27. The van der Waals surface area contributed by atoms with Crippen molar-refractivity contribution < 1.29 is 18.7 Å². The number of nitrogens with one attached hydrogen (secondary N) is 1. The average Bonchev–Trinajstić information content (AvgIpc) is 2.04. The summed E-state index contributed by atoms with van der Waals surface area (Å²) in [5.41, 5.74) is -2.09. The zero-order valence-electron chi connectivity index (χ0n) is 6.25. The molecule has 0 saturated carbocycles. The largest absolute Gasteiger partial charge is 0.477 e. The Kier molecular flexibility index (Phi) is 2.41. The summed E-state index contributed by atoms with van der Waals surface area (Å²) in [5.74, 6) is -1.52. The Morgan fingerprint density at radius 1 is 1.54 bits per heavy atom. The van der Waals surface area contributed by atoms with Gasteiger partial charge in [0.25, 0.3) is 12.0 Å². The predicted molar refractivity (Wildman–Crippen MR) is 39.0 cm³/mol. The molecule has 0 fully saturated rings. The van der Waals surface area contributed by atoms with Gasteiger partial charge in [0, 0.05) is 11.8 Å². The normalized spacial score (nSPS) is 10.4. The molecule has 4 nitrogen and oxygen atoms in total. The number of H-pyrrole nitrogens is 1. The lowest BCUT2D eigenvalue weighted by atomic mass is 10.2. The average molecular weight is 189 g/mol. The minimum atomic E-state index is -2.80. The molecule has 13 heavy (non-hydrogen) atoms. The molecule has 0 unspecified atom stereocenters. The van der Waals surface area contributed by atoms with Crippen LogP contribution in [0, 0.1) is 0 Å². The highest BCUT2D eigenvalue weighted by Crippen LogP contribution is 2.16. The summed E-state index contributed by atoms with van der Waals surface area (Å²) < 4.78 is 24.1. The molecule has 1 aromatic heterocycles. The first kappa shape index (κ1) is 9.37. The van der Waals surface area contributed by atoms with E-state index in [4.69, 9.17) is 5.11 Å². The van der Waals surface area contributed by atoms with Crippen LogP contribution in [0.1, 0.15) is 22.3 Å². The number of aromatic carboxylic acids is 1. The van der Waals surface area contributed by atoms with Crippen LogP contribution < -0.4 is 5.56 Å². The van der Waals surface area contributed by atoms with Crippen molar-refractivity contribution in [2.24, 2.45) is 0 Å². The summed E-state index contributed by atoms with van der Waals surface area (Å²) in [4.78, 5) is 23.0. The second-order valence-electron chi connectivity index (χ2n) is 2.28. The van der Waals surface area contributed by atoms with Gasteiger partial charge in [-0.15, -0.1) is 0 Å². The molecule has 0 aliphatic rings. The molecular formula is C7H5F2NO3. The van der Waals surface area contributed by atoms with Gasteiger partial charge in [-0.05, 0) is 6.07 Å². The van der Waals surface area contributed by atoms with Gasteiger partial charge < -0.3 is 10.1 Å². The third-order valence-electron chi connectivity index (χ3n) is 1.41. The third-order valence-corrected chi connectivity index (χ3v) is 1.41. The molecule has 0 bridgehead atoms. The van der Waals surface area contributed by atoms with E-state index in [2.05, 4.69) is 0 Å². The highest BCUT2D eigenvalue weighted by molar-refractivity contribution is 5.87. The Morgan fingerprint density at radius 2 is 2.15 bits per heavy atom. The number of hydrogen-bond acceptors (Lipinski definition) is 2. The fourth-order valence-electron chi connectivity index (χ4n) is 0.785. The molecule has 0 amide bonds. The number of hydrogen-bond donors (Lipinski definition) is 2. The van der Waals surface area contributed by atoms with Crippen molar-refractivity contribution in [2.45, 2.75) is 6.43 Å². The summed E-state index contributed by atoms with van der Waals surface area (Å²) in [6, 6.07) is 0.659. The van der Waals surface area contributed by atoms with Gasteiger partial charge in [0.1, 0.15) is 5.56 Å². The van der Waals surface area contributed by atoms with Gasteiger partial charge in [-0.2, -0.15) is 0 Å². The summed E-state index contributed by atoms with van der Waals surface area (Å²) in [6.07, 6.45) is -2.01. The maximum absolute atomic E-state index is 12.0. The van der Waals surface area contributed by atoms with Crippen LogP contribution in [0.2, 0.25) is 0 Å². The summed E-state index contributed by atoms with van der Waals surface area (Å²) in [6.45, 7) is 0. The van der Waals surface area contributed by atoms with E-state index in [1.165, 1.54) is 0 Å². The van der Waals surface area contributed by atoms with Crippen molar-refractivity contribution in [3.63, 3.8) is 0 Å². The third kappa shape index (κ3) is 1.90. The quantitative estimate of drug-likeness (QED) is 0.729. The first-order chi connectivity index (χ1) is 6.02. The van der Waals surface area contributed by atoms with Crippen molar-refractivity contribution in [1.82, 2.24) is 4.98 Å². The van der Waals surface area contributed by atoms with Gasteiger partial charge in [0.15, 0.2) is 0 Å². The zero-order valence-corrected chi connectivity index (χ0v) is 6.25. The van der Waals surface area contributed by atoms with Gasteiger partial charge in [0.05, 0.1) is 0 Å². The molecule has 6 heteroatoms. The molecule has 1 aromatic rings. The van der Waals surface area contributed by atoms with Crippen molar-refractivity contribution in [1.29, 1.82) is 0 Å². The lowest BCUT2D eigenvalue weighted by molar-refractivity contribution is 0.0694. The summed E-state index contributed by atoms with van der Waals surface area (Å²) in [7, 11) is 0. The van der Waals surface area contributed by atoms with Crippen molar-refractivity contribution >= 4 is 5.97 Å². The summed E-state index contributed by atoms with van der Waals surface area (Å²) >= 11 is 0. The van der Waals surface area contributed by atoms with Crippen LogP contribution in [0.5, 0.6) is 0 Å². The van der Waals surface area contributed by atoms with Crippen LogP contribution in [-0.2, 0) is 0 Å². The number of pyridine rings is 1. The van der Waals surface area contributed by atoms with E-state index in [1.54, 1.807) is 0 Å². The molecule has 70 valence electrons. The van der Waals surface area contributed by atoms with E-state index in [0.717, 1.165) is 6.20 Å². The first-order valence-electron chi connectivity index (χ1n) is 3.26. The van der Waals surface area contributed by atoms with Gasteiger partial charge >= 0.3 is 5.97 Å². The molecule has 0 radical (unpaired) electrons. The smallest absolute Gasteiger partial charge is 0.341 e. The van der Waals surface area contributed by atoms with E-state index in [1.807, 2.05) is 4.98 Å². The van der Waals surface area contributed by atoms with Gasteiger partial charge in [-0.25, -0.2) is 13.6 Å². The van der Waals surface area contributed by atoms with Gasteiger partial charge in [-0.1, -0.05) is 0 Å². The molecule has 0 aliphatic heterocycles. The lowest BCUT2D eigenvalue weighted by Gasteiger charge is -1.99. The molecule has 0 saturated heterocycles. The predicted octanol–water partition coefficient (Wildman–Crippen LogP) is 1.01. The molecule has 0 aliphatic carbocycles. The fraction of sp³-hybridized carbons (Fsp3) is 0.143. The molecule has 0 aromatic carbocycles. The minimum Gasteiger partial charge on any atom is -0.477 e. The molecule has 1 rings (SSSR count). The van der Waals surface area contributed by atoms with E-state index < -0.39 is 29.1 Å². The van der Waals surface area contributed by atoms with Crippen molar-refractivity contribution in [2.75, 3.05) is 0 Å². The number of carbonyl (C=O) groups is 1. The second kappa shape index (κ2) is 3.34. The van der Waals surface area contributed by atoms with E-state index in [0.29, 0.717) is 6.07 Å². The minimum absolute atomic E-state index is 0.517. The molecule has 0 spiro atoms. The topological polar surface area (TPSA) is 70.2 Å². The van der Waals surface area contributed by atoms with Crippen molar-refractivity contribution in [3.05, 3.63) is 33.7 Å². The lowest BCUT2D eigenvalue weighted by Crippen LogP contribution is -2.17. The van der Waals surface area contributed by atoms with Crippen LogP contribution in [0.3, 0.4) is 0 Å². The highest BCUT2D eigenvalue weighted by Gasteiger charge is 2.13.